The lowest BCUT2D eigenvalue weighted by Crippen LogP contribution is -2.16. The second-order valence-electron chi connectivity index (χ2n) is 6.48. The van der Waals surface area contributed by atoms with Crippen LogP contribution in [0.2, 0.25) is 0 Å². The average molecular weight is 374 g/mol. The van der Waals surface area contributed by atoms with E-state index in [0.717, 1.165) is 12.0 Å². The molecule has 0 saturated carbocycles. The van der Waals surface area contributed by atoms with Gasteiger partial charge in [-0.2, -0.15) is 0 Å². The summed E-state index contributed by atoms with van der Waals surface area (Å²) in [5.41, 5.74) is 2.58. The molecule has 3 rings (SSSR count). The third-order valence-corrected chi connectivity index (χ3v) is 4.25. The Hall–Kier alpha value is -3.40. The van der Waals surface area contributed by atoms with Crippen LogP contribution >= 0.6 is 0 Å². The van der Waals surface area contributed by atoms with Gasteiger partial charge in [0.05, 0.1) is 17.7 Å². The van der Waals surface area contributed by atoms with Crippen molar-refractivity contribution in [2.24, 2.45) is 0 Å². The Bertz CT molecular complexity index is 948. The van der Waals surface area contributed by atoms with E-state index in [2.05, 4.69) is 0 Å². The standard InChI is InChI=1S/C24H22O4/c1-18-9-7-13-20(17-18)28-24(26)22-15-6-5-14-21(22)23(25)27-16-8-12-19-10-3-2-4-11-19/h2-7,9-11,13-15,17H,8,12,16H2,1H3. The van der Waals surface area contributed by atoms with Crippen molar-refractivity contribution in [1.82, 2.24) is 0 Å². The fraction of sp³-hybridized carbons (Fsp3) is 0.167. The largest absolute Gasteiger partial charge is 0.462 e. The Morgan fingerprint density at radius 1 is 0.786 bits per heavy atom. The third kappa shape index (κ3) is 5.30. The first-order valence-electron chi connectivity index (χ1n) is 9.22. The van der Waals surface area contributed by atoms with Gasteiger partial charge in [0.1, 0.15) is 5.75 Å². The maximum absolute atomic E-state index is 12.5. The number of hydrogen-bond donors (Lipinski definition) is 0. The summed E-state index contributed by atoms with van der Waals surface area (Å²) in [6.45, 7) is 2.20. The van der Waals surface area contributed by atoms with Crippen molar-refractivity contribution in [3.05, 3.63) is 101 Å². The van der Waals surface area contributed by atoms with Crippen LogP contribution < -0.4 is 4.74 Å². The van der Waals surface area contributed by atoms with Crippen LogP contribution in [0.25, 0.3) is 0 Å². The maximum Gasteiger partial charge on any atom is 0.344 e. The van der Waals surface area contributed by atoms with E-state index in [-0.39, 0.29) is 17.7 Å². The molecule has 0 heterocycles. The Morgan fingerprint density at radius 2 is 1.46 bits per heavy atom. The molecule has 0 atom stereocenters. The van der Waals surface area contributed by atoms with Gasteiger partial charge in [-0.05, 0) is 55.2 Å². The predicted octanol–water partition coefficient (Wildman–Crippen LogP) is 5.00. The predicted molar refractivity (Wildman–Crippen MR) is 108 cm³/mol. The van der Waals surface area contributed by atoms with E-state index < -0.39 is 11.9 Å². The monoisotopic (exact) mass is 374 g/mol. The molecule has 0 saturated heterocycles. The van der Waals surface area contributed by atoms with E-state index in [1.54, 1.807) is 36.4 Å². The van der Waals surface area contributed by atoms with Gasteiger partial charge in [-0.25, -0.2) is 9.59 Å². The molecule has 0 aliphatic carbocycles. The quantitative estimate of drug-likeness (QED) is 0.332. The smallest absolute Gasteiger partial charge is 0.344 e. The molecule has 4 heteroatoms. The second kappa shape index (κ2) is 9.51. The van der Waals surface area contributed by atoms with Gasteiger partial charge in [0.25, 0.3) is 0 Å². The normalized spacial score (nSPS) is 10.3. The average Bonchev–Trinajstić information content (AvgIpc) is 2.72. The summed E-state index contributed by atoms with van der Waals surface area (Å²) in [4.78, 5) is 25.0. The summed E-state index contributed by atoms with van der Waals surface area (Å²) < 4.78 is 10.8. The van der Waals surface area contributed by atoms with Gasteiger partial charge in [0, 0.05) is 0 Å². The SMILES string of the molecule is Cc1cccc(OC(=O)c2ccccc2C(=O)OCCCc2ccccc2)c1. The first-order valence-corrected chi connectivity index (χ1v) is 9.22. The van der Waals surface area contributed by atoms with Gasteiger partial charge in [0.15, 0.2) is 0 Å². The molecule has 142 valence electrons. The molecule has 0 N–H and O–H groups in total. The van der Waals surface area contributed by atoms with Gasteiger partial charge in [0.2, 0.25) is 0 Å². The highest BCUT2D eigenvalue weighted by Crippen LogP contribution is 2.17. The molecule has 3 aromatic carbocycles. The molecule has 0 radical (unpaired) electrons. The number of carbonyl (C=O) groups is 2. The number of benzene rings is 3. The zero-order valence-electron chi connectivity index (χ0n) is 15.8. The van der Waals surface area contributed by atoms with Gasteiger partial charge >= 0.3 is 11.9 Å². The van der Waals surface area contributed by atoms with Gasteiger partial charge in [-0.1, -0.05) is 54.6 Å². The summed E-state index contributed by atoms with van der Waals surface area (Å²) in [5.74, 6) is -0.664. The third-order valence-electron chi connectivity index (χ3n) is 4.25. The van der Waals surface area contributed by atoms with Crippen molar-refractivity contribution >= 4 is 11.9 Å². The number of esters is 2. The molecule has 0 spiro atoms. The lowest BCUT2D eigenvalue weighted by atomic mass is 10.1. The molecule has 0 fully saturated rings. The first-order chi connectivity index (χ1) is 13.6. The zero-order valence-corrected chi connectivity index (χ0v) is 15.8. The van der Waals surface area contributed by atoms with Crippen molar-refractivity contribution in [3.8, 4) is 5.75 Å². The van der Waals surface area contributed by atoms with Crippen LogP contribution in [-0.4, -0.2) is 18.5 Å². The molecule has 0 aliphatic rings. The topological polar surface area (TPSA) is 52.6 Å². The fourth-order valence-electron chi connectivity index (χ4n) is 2.84. The van der Waals surface area contributed by atoms with Gasteiger partial charge < -0.3 is 9.47 Å². The number of carbonyl (C=O) groups excluding carboxylic acids is 2. The fourth-order valence-corrected chi connectivity index (χ4v) is 2.84. The molecule has 28 heavy (non-hydrogen) atoms. The van der Waals surface area contributed by atoms with Crippen LogP contribution in [0.3, 0.4) is 0 Å². The highest BCUT2D eigenvalue weighted by Gasteiger charge is 2.19. The van der Waals surface area contributed by atoms with Crippen LogP contribution in [0, 0.1) is 6.92 Å². The molecule has 4 nitrogen and oxygen atoms in total. The molecular weight excluding hydrogens is 352 g/mol. The van der Waals surface area contributed by atoms with Crippen molar-refractivity contribution in [2.75, 3.05) is 6.61 Å². The van der Waals surface area contributed by atoms with Gasteiger partial charge in [-0.3, -0.25) is 0 Å². The Balaban J connectivity index is 1.60. The van der Waals surface area contributed by atoms with E-state index in [1.165, 1.54) is 5.56 Å². The van der Waals surface area contributed by atoms with E-state index in [4.69, 9.17) is 9.47 Å². The first kappa shape index (κ1) is 19.4. The van der Waals surface area contributed by atoms with E-state index in [9.17, 15) is 9.59 Å². The maximum atomic E-state index is 12.5. The lowest BCUT2D eigenvalue weighted by Gasteiger charge is -2.10. The molecule has 0 aromatic heterocycles. The highest BCUT2D eigenvalue weighted by atomic mass is 16.5. The molecule has 3 aromatic rings. The lowest BCUT2D eigenvalue weighted by molar-refractivity contribution is 0.0492. The minimum atomic E-state index is -0.581. The van der Waals surface area contributed by atoms with Crippen molar-refractivity contribution < 1.29 is 19.1 Å². The zero-order chi connectivity index (χ0) is 19.8. The van der Waals surface area contributed by atoms with Gasteiger partial charge in [-0.15, -0.1) is 0 Å². The summed E-state index contributed by atoms with van der Waals surface area (Å²) in [5, 5.41) is 0. The van der Waals surface area contributed by atoms with E-state index in [1.807, 2.05) is 49.4 Å². The molecule has 0 unspecified atom stereocenters. The Labute approximate surface area is 164 Å². The number of rotatable bonds is 7. The second-order valence-corrected chi connectivity index (χ2v) is 6.48. The Kier molecular flexibility index (Phi) is 6.58. The summed E-state index contributed by atoms with van der Waals surface area (Å²) >= 11 is 0. The van der Waals surface area contributed by atoms with Crippen molar-refractivity contribution in [1.29, 1.82) is 0 Å². The number of aryl methyl sites for hydroxylation is 2. The van der Waals surface area contributed by atoms with Crippen LogP contribution in [-0.2, 0) is 11.2 Å². The minimum absolute atomic E-state index is 0.192. The number of hydrogen-bond acceptors (Lipinski definition) is 4. The van der Waals surface area contributed by atoms with Crippen LogP contribution in [0.5, 0.6) is 5.75 Å². The number of ether oxygens (including phenoxy) is 2. The van der Waals surface area contributed by atoms with E-state index in [0.29, 0.717) is 12.2 Å². The van der Waals surface area contributed by atoms with Crippen LogP contribution in [0.1, 0.15) is 38.3 Å². The van der Waals surface area contributed by atoms with Crippen LogP contribution in [0.4, 0.5) is 0 Å². The van der Waals surface area contributed by atoms with Crippen molar-refractivity contribution in [2.45, 2.75) is 19.8 Å². The molecule has 0 aliphatic heterocycles. The molecule has 0 amide bonds. The molecular formula is C24H22O4. The highest BCUT2D eigenvalue weighted by molar-refractivity contribution is 6.03. The summed E-state index contributed by atoms with van der Waals surface area (Å²) in [6, 6.07) is 23.7. The van der Waals surface area contributed by atoms with Crippen LogP contribution in [0.15, 0.2) is 78.9 Å². The minimum Gasteiger partial charge on any atom is -0.462 e. The Morgan fingerprint density at radius 3 is 2.18 bits per heavy atom. The molecule has 0 bridgehead atoms. The summed E-state index contributed by atoms with van der Waals surface area (Å²) in [6.07, 6.45) is 1.54. The van der Waals surface area contributed by atoms with E-state index >= 15 is 0 Å². The van der Waals surface area contributed by atoms with Crippen molar-refractivity contribution in [3.63, 3.8) is 0 Å². The summed E-state index contributed by atoms with van der Waals surface area (Å²) in [7, 11) is 0.